The summed E-state index contributed by atoms with van der Waals surface area (Å²) in [6, 6.07) is 13.6. The van der Waals surface area contributed by atoms with Crippen molar-refractivity contribution in [2.45, 2.75) is 12.8 Å². The van der Waals surface area contributed by atoms with E-state index in [-0.39, 0.29) is 11.8 Å². The van der Waals surface area contributed by atoms with Crippen LogP contribution in [0.5, 0.6) is 11.5 Å². The summed E-state index contributed by atoms with van der Waals surface area (Å²) in [6.07, 6.45) is 2.03. The molecule has 1 amide bonds. The molecule has 2 heterocycles. The van der Waals surface area contributed by atoms with Crippen molar-refractivity contribution in [2.75, 3.05) is 18.5 Å². The summed E-state index contributed by atoms with van der Waals surface area (Å²) < 4.78 is 13.1. The van der Waals surface area contributed by atoms with Crippen LogP contribution >= 0.6 is 0 Å². The lowest BCUT2D eigenvalue weighted by atomic mass is 9.99. The zero-order valence-corrected chi connectivity index (χ0v) is 14.3. The highest BCUT2D eigenvalue weighted by Gasteiger charge is 2.21. The Morgan fingerprint density at radius 1 is 1.12 bits per heavy atom. The zero-order chi connectivity index (χ0) is 17.4. The fraction of sp³-hybridized carbons (Fsp3) is 0.250. The lowest BCUT2D eigenvalue weighted by molar-refractivity contribution is -0.117. The van der Waals surface area contributed by atoms with E-state index in [0.717, 1.165) is 16.5 Å². The molecule has 1 aromatic heterocycles. The molecular weight excluding hydrogens is 316 g/mol. The van der Waals surface area contributed by atoms with Crippen LogP contribution in [0.15, 0.2) is 48.7 Å². The SMILES string of the molecule is CC(C(=O)Nc1ccc2c(c1)OCCO2)c1cn(C)c2ccccc12. The Morgan fingerprint density at radius 2 is 1.88 bits per heavy atom. The van der Waals surface area contributed by atoms with Crippen molar-refractivity contribution in [2.24, 2.45) is 7.05 Å². The molecule has 5 nitrogen and oxygen atoms in total. The smallest absolute Gasteiger partial charge is 0.231 e. The molecule has 0 aliphatic carbocycles. The number of benzene rings is 2. The summed E-state index contributed by atoms with van der Waals surface area (Å²) in [5.74, 6) is 1.07. The number of hydrogen-bond donors (Lipinski definition) is 1. The van der Waals surface area contributed by atoms with Gasteiger partial charge in [0.15, 0.2) is 11.5 Å². The molecule has 4 rings (SSSR count). The minimum Gasteiger partial charge on any atom is -0.486 e. The van der Waals surface area contributed by atoms with E-state index in [4.69, 9.17) is 9.47 Å². The molecule has 1 aliphatic rings. The van der Waals surface area contributed by atoms with Gasteiger partial charge >= 0.3 is 0 Å². The van der Waals surface area contributed by atoms with Gasteiger partial charge in [-0.25, -0.2) is 0 Å². The maximum atomic E-state index is 12.7. The van der Waals surface area contributed by atoms with Crippen molar-refractivity contribution in [1.82, 2.24) is 4.57 Å². The highest BCUT2D eigenvalue weighted by molar-refractivity contribution is 5.99. The molecule has 25 heavy (non-hydrogen) atoms. The Balaban J connectivity index is 1.58. The Hall–Kier alpha value is -2.95. The third-order valence-electron chi connectivity index (χ3n) is 4.60. The zero-order valence-electron chi connectivity index (χ0n) is 14.3. The van der Waals surface area contributed by atoms with Gasteiger partial charge in [-0.3, -0.25) is 4.79 Å². The summed E-state index contributed by atoms with van der Waals surface area (Å²) >= 11 is 0. The van der Waals surface area contributed by atoms with Crippen LogP contribution in [-0.4, -0.2) is 23.7 Å². The number of hydrogen-bond acceptors (Lipinski definition) is 3. The van der Waals surface area contributed by atoms with Crippen LogP contribution in [0.4, 0.5) is 5.69 Å². The van der Waals surface area contributed by atoms with Gasteiger partial charge in [0.25, 0.3) is 0 Å². The number of anilines is 1. The molecule has 1 unspecified atom stereocenters. The fourth-order valence-corrected chi connectivity index (χ4v) is 3.23. The summed E-state index contributed by atoms with van der Waals surface area (Å²) in [4.78, 5) is 12.7. The first-order valence-corrected chi connectivity index (χ1v) is 8.38. The topological polar surface area (TPSA) is 52.5 Å². The van der Waals surface area contributed by atoms with Gasteiger partial charge in [-0.15, -0.1) is 0 Å². The first-order chi connectivity index (χ1) is 12.1. The van der Waals surface area contributed by atoms with Gasteiger partial charge in [-0.05, 0) is 30.7 Å². The van der Waals surface area contributed by atoms with E-state index in [1.165, 1.54) is 0 Å². The average Bonchev–Trinajstić information content (AvgIpc) is 2.98. The number of para-hydroxylation sites is 1. The Bertz CT molecular complexity index is 945. The fourth-order valence-electron chi connectivity index (χ4n) is 3.23. The van der Waals surface area contributed by atoms with E-state index >= 15 is 0 Å². The summed E-state index contributed by atoms with van der Waals surface area (Å²) in [6.45, 7) is 3.00. The van der Waals surface area contributed by atoms with Gasteiger partial charge in [0.05, 0.1) is 5.92 Å². The number of nitrogens with zero attached hydrogens (tertiary/aromatic N) is 1. The quantitative estimate of drug-likeness (QED) is 0.793. The molecule has 0 fully saturated rings. The summed E-state index contributed by atoms with van der Waals surface area (Å²) in [5, 5.41) is 4.09. The van der Waals surface area contributed by atoms with Crippen molar-refractivity contribution < 1.29 is 14.3 Å². The number of amides is 1. The van der Waals surface area contributed by atoms with Crippen LogP contribution < -0.4 is 14.8 Å². The highest BCUT2D eigenvalue weighted by Crippen LogP contribution is 2.33. The van der Waals surface area contributed by atoms with Gasteiger partial charge in [0.2, 0.25) is 5.91 Å². The van der Waals surface area contributed by atoms with Crippen LogP contribution in [-0.2, 0) is 11.8 Å². The third-order valence-corrected chi connectivity index (χ3v) is 4.60. The predicted octanol–water partition coefficient (Wildman–Crippen LogP) is 3.69. The molecule has 0 spiro atoms. The van der Waals surface area contributed by atoms with Crippen LogP contribution in [0.25, 0.3) is 10.9 Å². The predicted molar refractivity (Wildman–Crippen MR) is 97.4 cm³/mol. The average molecular weight is 336 g/mol. The Kier molecular flexibility index (Phi) is 3.84. The van der Waals surface area contributed by atoms with Crippen LogP contribution in [0, 0.1) is 0 Å². The summed E-state index contributed by atoms with van der Waals surface area (Å²) in [7, 11) is 2.00. The normalized spacial score (nSPS) is 14.3. The van der Waals surface area contributed by atoms with Gasteiger partial charge in [0, 0.05) is 35.9 Å². The lowest BCUT2D eigenvalue weighted by Crippen LogP contribution is -2.19. The number of ether oxygens (including phenoxy) is 2. The van der Waals surface area contributed by atoms with Gasteiger partial charge in [-0.1, -0.05) is 18.2 Å². The molecule has 0 bridgehead atoms. The van der Waals surface area contributed by atoms with E-state index < -0.39 is 0 Å². The standard InChI is InChI=1S/C20H20N2O3/c1-13(16-12-22(2)17-6-4-3-5-15(16)17)20(23)21-14-7-8-18-19(11-14)25-10-9-24-18/h3-8,11-13H,9-10H2,1-2H3,(H,21,23). The van der Waals surface area contributed by atoms with Crippen molar-refractivity contribution >= 4 is 22.5 Å². The monoisotopic (exact) mass is 336 g/mol. The highest BCUT2D eigenvalue weighted by atomic mass is 16.6. The van der Waals surface area contributed by atoms with E-state index in [2.05, 4.69) is 22.0 Å². The molecule has 128 valence electrons. The van der Waals surface area contributed by atoms with Crippen LogP contribution in [0.2, 0.25) is 0 Å². The van der Waals surface area contributed by atoms with Gasteiger partial charge in [-0.2, -0.15) is 0 Å². The Morgan fingerprint density at radius 3 is 2.72 bits per heavy atom. The Labute approximate surface area is 146 Å². The van der Waals surface area contributed by atoms with Crippen LogP contribution in [0.1, 0.15) is 18.4 Å². The molecule has 0 radical (unpaired) electrons. The minimum atomic E-state index is -0.265. The second-order valence-electron chi connectivity index (χ2n) is 6.28. The van der Waals surface area contributed by atoms with Gasteiger partial charge in [0.1, 0.15) is 13.2 Å². The number of fused-ring (bicyclic) bond motifs is 2. The molecule has 2 aromatic carbocycles. The maximum absolute atomic E-state index is 12.7. The largest absolute Gasteiger partial charge is 0.486 e. The third kappa shape index (κ3) is 2.82. The maximum Gasteiger partial charge on any atom is 0.231 e. The molecule has 1 N–H and O–H groups in total. The molecule has 5 heteroatoms. The van der Waals surface area contributed by atoms with Crippen molar-refractivity contribution in [1.29, 1.82) is 0 Å². The van der Waals surface area contributed by atoms with E-state index in [1.54, 1.807) is 0 Å². The molecular formula is C20H20N2O3. The molecule has 0 saturated heterocycles. The van der Waals surface area contributed by atoms with Crippen molar-refractivity contribution in [3.05, 3.63) is 54.2 Å². The first-order valence-electron chi connectivity index (χ1n) is 8.38. The lowest BCUT2D eigenvalue weighted by Gasteiger charge is -2.19. The number of aromatic nitrogens is 1. The molecule has 1 aliphatic heterocycles. The second-order valence-corrected chi connectivity index (χ2v) is 6.28. The minimum absolute atomic E-state index is 0.0481. The van der Waals surface area contributed by atoms with E-state index in [0.29, 0.717) is 30.4 Å². The number of carbonyl (C=O) groups excluding carboxylic acids is 1. The second kappa shape index (κ2) is 6.16. The van der Waals surface area contributed by atoms with E-state index in [1.807, 2.05) is 50.5 Å². The number of aryl methyl sites for hydroxylation is 1. The van der Waals surface area contributed by atoms with Crippen LogP contribution in [0.3, 0.4) is 0 Å². The van der Waals surface area contributed by atoms with Crippen molar-refractivity contribution in [3.8, 4) is 11.5 Å². The molecule has 3 aromatic rings. The summed E-state index contributed by atoms with van der Waals surface area (Å²) in [5.41, 5.74) is 2.85. The molecule has 1 atom stereocenters. The van der Waals surface area contributed by atoms with Crippen molar-refractivity contribution in [3.63, 3.8) is 0 Å². The van der Waals surface area contributed by atoms with E-state index in [9.17, 15) is 4.79 Å². The molecule has 0 saturated carbocycles. The first kappa shape index (κ1) is 15.6. The number of rotatable bonds is 3. The van der Waals surface area contributed by atoms with Gasteiger partial charge < -0.3 is 19.4 Å². The number of carbonyl (C=O) groups is 1. The number of nitrogens with one attached hydrogen (secondary N) is 1.